The summed E-state index contributed by atoms with van der Waals surface area (Å²) in [5.41, 5.74) is 6.62. The Balaban J connectivity index is 0.00000324. The number of carboxylic acid groups (broad SMARTS) is 2. The molecule has 3 aliphatic heterocycles. The van der Waals surface area contributed by atoms with Gasteiger partial charge in [0.2, 0.25) is 5.96 Å². The van der Waals surface area contributed by atoms with E-state index in [0.717, 1.165) is 5.69 Å². The first-order valence-electron chi connectivity index (χ1n) is 10.2. The minimum atomic E-state index is -1.57. The molecule has 4 rings (SSSR count). The molecule has 1 aromatic carbocycles. The standard InChI is InChI=1S/C20H23N7O6.Ca/c21-20-24-16-15(18(31)25-20)27-9-26(8-12(27)7-22-16)11-3-1-10(2-4-11)17(30)23-13(19(32)33)5-6-14(28)29;/h1-4,12-13,15H,5-9H2,(H,23,30)(H,28,29)(H,32,33)(H3,21,22,24,25,31);/q;+2/p-2/t12-,13+,15?;/m1./s1. The van der Waals surface area contributed by atoms with Crippen LogP contribution in [-0.4, -0.2) is 116 Å². The molecule has 3 atom stereocenters. The fourth-order valence-corrected chi connectivity index (χ4v) is 4.09. The molecule has 14 heteroatoms. The molecule has 3 aliphatic rings. The monoisotopic (exact) mass is 495 g/mol. The third-order valence-electron chi connectivity index (χ3n) is 5.73. The summed E-state index contributed by atoms with van der Waals surface area (Å²) in [6, 6.07) is 4.43. The minimum Gasteiger partial charge on any atom is -0.550 e. The molecule has 0 aliphatic carbocycles. The van der Waals surface area contributed by atoms with Gasteiger partial charge in [0.25, 0.3) is 11.8 Å². The number of aliphatic imine (C=N–C) groups is 2. The molecule has 1 unspecified atom stereocenters. The zero-order valence-electron chi connectivity index (χ0n) is 18.1. The van der Waals surface area contributed by atoms with Crippen molar-refractivity contribution in [3.05, 3.63) is 29.8 Å². The molecule has 0 aromatic heterocycles. The van der Waals surface area contributed by atoms with Gasteiger partial charge in [-0.2, -0.15) is 4.99 Å². The number of nitrogens with two attached hydrogens (primary N) is 1. The Kier molecular flexibility index (Phi) is 8.12. The number of nitrogens with zero attached hydrogens (tertiary/aromatic N) is 4. The number of guanidine groups is 1. The Morgan fingerprint density at radius 3 is 2.59 bits per heavy atom. The van der Waals surface area contributed by atoms with E-state index in [2.05, 4.69) is 20.6 Å². The number of carbonyl (C=O) groups excluding carboxylic acids is 4. The average Bonchev–Trinajstić information content (AvgIpc) is 3.20. The zero-order valence-corrected chi connectivity index (χ0v) is 20.3. The molecule has 4 N–H and O–H groups in total. The Bertz CT molecular complexity index is 1060. The van der Waals surface area contributed by atoms with Crippen LogP contribution < -0.4 is 31.5 Å². The molecule has 2 amide bonds. The van der Waals surface area contributed by atoms with Gasteiger partial charge < -0.3 is 35.8 Å². The summed E-state index contributed by atoms with van der Waals surface area (Å²) in [7, 11) is 0. The van der Waals surface area contributed by atoms with Crippen molar-refractivity contribution >= 4 is 79.0 Å². The molecule has 0 bridgehead atoms. The molecule has 34 heavy (non-hydrogen) atoms. The van der Waals surface area contributed by atoms with Gasteiger partial charge in [0, 0.05) is 29.8 Å². The van der Waals surface area contributed by atoms with Gasteiger partial charge in [-0.05, 0) is 37.1 Å². The molecule has 0 spiro atoms. The second kappa shape index (κ2) is 10.7. The number of anilines is 1. The van der Waals surface area contributed by atoms with E-state index in [1.807, 2.05) is 9.80 Å². The van der Waals surface area contributed by atoms with Crippen molar-refractivity contribution < 1.29 is 29.4 Å². The van der Waals surface area contributed by atoms with Crippen molar-refractivity contribution in [2.45, 2.75) is 31.0 Å². The van der Waals surface area contributed by atoms with E-state index >= 15 is 0 Å². The minimum absolute atomic E-state index is 0. The number of amidine groups is 1. The fourth-order valence-electron chi connectivity index (χ4n) is 4.09. The van der Waals surface area contributed by atoms with Gasteiger partial charge >= 0.3 is 37.7 Å². The number of carbonyl (C=O) groups is 4. The predicted molar refractivity (Wildman–Crippen MR) is 116 cm³/mol. The van der Waals surface area contributed by atoms with Crippen molar-refractivity contribution in [1.82, 2.24) is 15.5 Å². The van der Waals surface area contributed by atoms with Crippen LogP contribution in [0.25, 0.3) is 0 Å². The molecule has 0 saturated carbocycles. The van der Waals surface area contributed by atoms with E-state index in [4.69, 9.17) is 5.73 Å². The number of benzene rings is 1. The fraction of sp³-hybridized carbons (Fsp3) is 0.400. The van der Waals surface area contributed by atoms with Crippen LogP contribution in [-0.2, 0) is 14.4 Å². The first-order chi connectivity index (χ1) is 15.7. The number of rotatable bonds is 7. The number of carboxylic acids is 2. The van der Waals surface area contributed by atoms with Crippen molar-refractivity contribution in [2.24, 2.45) is 15.7 Å². The number of hydrogen-bond acceptors (Lipinski definition) is 11. The maximum atomic E-state index is 12.4. The molecule has 1 fully saturated rings. The number of nitrogens with one attached hydrogen (secondary N) is 2. The van der Waals surface area contributed by atoms with Gasteiger partial charge in [0.1, 0.15) is 0 Å². The van der Waals surface area contributed by atoms with Crippen LogP contribution in [0.15, 0.2) is 34.3 Å². The van der Waals surface area contributed by atoms with Crippen LogP contribution in [0, 0.1) is 0 Å². The molecular weight excluding hydrogens is 474 g/mol. The first kappa shape index (κ1) is 25.9. The molecule has 13 nitrogen and oxygen atoms in total. The smallest absolute Gasteiger partial charge is 0.550 e. The Morgan fingerprint density at radius 2 is 1.94 bits per heavy atom. The Morgan fingerprint density at radius 1 is 1.24 bits per heavy atom. The maximum absolute atomic E-state index is 12.4. The molecule has 0 radical (unpaired) electrons. The second-order valence-electron chi connectivity index (χ2n) is 7.92. The number of fused-ring (bicyclic) bond motifs is 3. The van der Waals surface area contributed by atoms with Crippen LogP contribution in [0.5, 0.6) is 0 Å². The van der Waals surface area contributed by atoms with E-state index in [-0.39, 0.29) is 67.6 Å². The number of hydrogen-bond donors (Lipinski definition) is 3. The van der Waals surface area contributed by atoms with Gasteiger partial charge in [-0.25, -0.2) is 0 Å². The Hall–Kier alpha value is -2.74. The van der Waals surface area contributed by atoms with Crippen LogP contribution in [0.1, 0.15) is 23.2 Å². The van der Waals surface area contributed by atoms with Gasteiger partial charge in [-0.1, -0.05) is 0 Å². The van der Waals surface area contributed by atoms with Crippen molar-refractivity contribution in [2.75, 3.05) is 24.7 Å². The Labute approximate surface area is 224 Å². The quantitative estimate of drug-likeness (QED) is 0.312. The van der Waals surface area contributed by atoms with Crippen molar-refractivity contribution in [3.8, 4) is 0 Å². The largest absolute Gasteiger partial charge is 2.00 e. The summed E-state index contributed by atoms with van der Waals surface area (Å²) in [5, 5.41) is 26.5. The van der Waals surface area contributed by atoms with E-state index in [1.165, 1.54) is 12.1 Å². The third kappa shape index (κ3) is 5.49. The SMILES string of the molecule is NC1=NC2=NC[C@@H]3CN(c4ccc(C(=O)N[C@@H](CCC(=O)[O-])C(=O)[O-])cc4)CN3C2C(=O)N1.[Ca+2]. The van der Waals surface area contributed by atoms with Gasteiger partial charge in [-0.15, -0.1) is 0 Å². The summed E-state index contributed by atoms with van der Waals surface area (Å²) < 4.78 is 0. The van der Waals surface area contributed by atoms with Crippen LogP contribution in [0.2, 0.25) is 0 Å². The summed E-state index contributed by atoms with van der Waals surface area (Å²) in [5.74, 6) is -3.52. The van der Waals surface area contributed by atoms with E-state index < -0.39 is 36.4 Å². The molecule has 1 saturated heterocycles. The summed E-state index contributed by atoms with van der Waals surface area (Å²) in [4.78, 5) is 59.1. The molecular formula is C20H21CaN7O6. The van der Waals surface area contributed by atoms with Gasteiger partial charge in [0.05, 0.1) is 25.2 Å². The van der Waals surface area contributed by atoms with Crippen molar-refractivity contribution in [1.29, 1.82) is 0 Å². The third-order valence-corrected chi connectivity index (χ3v) is 5.73. The first-order valence-corrected chi connectivity index (χ1v) is 10.2. The van der Waals surface area contributed by atoms with E-state index in [0.29, 0.717) is 25.6 Å². The molecule has 174 valence electrons. The zero-order chi connectivity index (χ0) is 23.7. The topological polar surface area (TPSA) is 196 Å². The normalized spacial score (nSPS) is 22.2. The average molecular weight is 496 g/mol. The van der Waals surface area contributed by atoms with Gasteiger partial charge in [0.15, 0.2) is 11.9 Å². The number of amides is 2. The summed E-state index contributed by atoms with van der Waals surface area (Å²) >= 11 is 0. The van der Waals surface area contributed by atoms with Gasteiger partial charge in [-0.3, -0.25) is 24.8 Å². The molecule has 3 heterocycles. The van der Waals surface area contributed by atoms with Crippen LogP contribution in [0.4, 0.5) is 5.69 Å². The number of aliphatic carboxylic acids is 2. The maximum Gasteiger partial charge on any atom is 2.00 e. The summed E-state index contributed by atoms with van der Waals surface area (Å²) in [6.45, 7) is 1.53. The van der Waals surface area contributed by atoms with E-state index in [9.17, 15) is 29.4 Å². The van der Waals surface area contributed by atoms with Crippen LogP contribution >= 0.6 is 0 Å². The predicted octanol–water partition coefficient (Wildman–Crippen LogP) is -4.64. The van der Waals surface area contributed by atoms with E-state index in [1.54, 1.807) is 12.1 Å². The molecule has 1 aromatic rings. The van der Waals surface area contributed by atoms with Crippen LogP contribution in [0.3, 0.4) is 0 Å². The summed E-state index contributed by atoms with van der Waals surface area (Å²) in [6.07, 6.45) is -0.860. The van der Waals surface area contributed by atoms with Crippen molar-refractivity contribution in [3.63, 3.8) is 0 Å². The second-order valence-corrected chi connectivity index (χ2v) is 7.92.